The normalized spacial score (nSPS) is 12.2. The van der Waals surface area contributed by atoms with Crippen molar-refractivity contribution in [3.05, 3.63) is 12.4 Å². The first-order valence-corrected chi connectivity index (χ1v) is 7.71. The van der Waals surface area contributed by atoms with Crippen LogP contribution < -0.4 is 5.73 Å². The van der Waals surface area contributed by atoms with E-state index in [1.54, 1.807) is 24.9 Å². The van der Waals surface area contributed by atoms with E-state index in [1.807, 2.05) is 0 Å². The number of nitrogens with zero attached hydrogens (tertiary/aromatic N) is 3. The minimum Gasteiger partial charge on any atom is -0.383 e. The number of rotatable bonds is 9. The van der Waals surface area contributed by atoms with Crippen LogP contribution in [0.2, 0.25) is 0 Å². The van der Waals surface area contributed by atoms with Crippen LogP contribution in [0.5, 0.6) is 0 Å². The molecule has 1 heterocycles. The average Bonchev–Trinajstić information content (AvgIpc) is 2.86. The molecule has 0 aliphatic carbocycles. The summed E-state index contributed by atoms with van der Waals surface area (Å²) in [5.74, 6) is 0. The maximum Gasteiger partial charge on any atom is 0.246 e. The third-order valence-electron chi connectivity index (χ3n) is 2.74. The van der Waals surface area contributed by atoms with Gasteiger partial charge in [0.05, 0.1) is 12.8 Å². The number of aromatic nitrogens is 2. The van der Waals surface area contributed by atoms with Crippen LogP contribution in [0, 0.1) is 0 Å². The van der Waals surface area contributed by atoms with Gasteiger partial charge in [-0.1, -0.05) is 6.92 Å². The lowest BCUT2D eigenvalue weighted by molar-refractivity contribution is 0.180. The largest absolute Gasteiger partial charge is 0.383 e. The topological polar surface area (TPSA) is 90.5 Å². The van der Waals surface area contributed by atoms with Gasteiger partial charge in [0, 0.05) is 32.9 Å². The Kier molecular flexibility index (Phi) is 6.43. The predicted molar refractivity (Wildman–Crippen MR) is 72.2 cm³/mol. The molecule has 1 aromatic rings. The minimum atomic E-state index is -3.49. The summed E-state index contributed by atoms with van der Waals surface area (Å²) in [7, 11) is -1.94. The minimum absolute atomic E-state index is 0.211. The first-order chi connectivity index (χ1) is 9.06. The molecule has 7 nitrogen and oxygen atoms in total. The smallest absolute Gasteiger partial charge is 0.246 e. The van der Waals surface area contributed by atoms with Crippen molar-refractivity contribution in [2.45, 2.75) is 24.8 Å². The Labute approximate surface area is 114 Å². The molecule has 0 amide bonds. The van der Waals surface area contributed by atoms with Crippen molar-refractivity contribution in [1.29, 1.82) is 0 Å². The van der Waals surface area contributed by atoms with Gasteiger partial charge < -0.3 is 10.5 Å². The summed E-state index contributed by atoms with van der Waals surface area (Å²) in [6.07, 6.45) is 3.68. The third-order valence-corrected chi connectivity index (χ3v) is 4.66. The standard InChI is InChI=1S/C11H22N4O3S/c1-3-15(7-8-18-2)19(16,17)11-9-13-14(10-11)6-4-5-12/h9-10H,3-8,12H2,1-2H3. The molecule has 19 heavy (non-hydrogen) atoms. The maximum atomic E-state index is 12.3. The SMILES string of the molecule is CCN(CCOC)S(=O)(=O)c1cnn(CCCN)c1. The van der Waals surface area contributed by atoms with Crippen molar-refractivity contribution in [3.63, 3.8) is 0 Å². The van der Waals surface area contributed by atoms with Gasteiger partial charge in [-0.15, -0.1) is 0 Å². The van der Waals surface area contributed by atoms with Gasteiger partial charge in [0.25, 0.3) is 0 Å². The Morgan fingerprint density at radius 3 is 2.84 bits per heavy atom. The van der Waals surface area contributed by atoms with E-state index in [0.717, 1.165) is 6.42 Å². The van der Waals surface area contributed by atoms with Gasteiger partial charge in [-0.25, -0.2) is 8.42 Å². The summed E-state index contributed by atoms with van der Waals surface area (Å²) in [6.45, 7) is 4.08. The predicted octanol–water partition coefficient (Wildman–Crippen LogP) is -0.111. The summed E-state index contributed by atoms with van der Waals surface area (Å²) in [5.41, 5.74) is 5.41. The number of likely N-dealkylation sites (N-methyl/N-ethyl adjacent to an activating group) is 1. The molecule has 0 fully saturated rings. The Bertz CT molecular complexity index is 472. The van der Waals surface area contributed by atoms with Crippen LogP contribution in [0.4, 0.5) is 0 Å². The fourth-order valence-electron chi connectivity index (χ4n) is 1.64. The van der Waals surface area contributed by atoms with Gasteiger partial charge in [0.15, 0.2) is 0 Å². The van der Waals surface area contributed by atoms with E-state index >= 15 is 0 Å². The van der Waals surface area contributed by atoms with E-state index in [9.17, 15) is 8.42 Å². The Morgan fingerprint density at radius 2 is 2.26 bits per heavy atom. The van der Waals surface area contributed by atoms with E-state index in [0.29, 0.717) is 32.8 Å². The zero-order valence-electron chi connectivity index (χ0n) is 11.4. The maximum absolute atomic E-state index is 12.3. The van der Waals surface area contributed by atoms with Gasteiger partial charge in [0.2, 0.25) is 10.0 Å². The van der Waals surface area contributed by atoms with Crippen molar-refractivity contribution in [2.75, 3.05) is 33.4 Å². The highest BCUT2D eigenvalue weighted by Crippen LogP contribution is 2.14. The number of aryl methyl sites for hydroxylation is 1. The second kappa shape index (κ2) is 7.59. The number of nitrogens with two attached hydrogens (primary N) is 1. The molecule has 110 valence electrons. The zero-order chi connectivity index (χ0) is 14.3. The molecule has 1 rings (SSSR count). The number of hydrogen-bond donors (Lipinski definition) is 1. The van der Waals surface area contributed by atoms with Crippen molar-refractivity contribution >= 4 is 10.0 Å². The quantitative estimate of drug-likeness (QED) is 0.685. The van der Waals surface area contributed by atoms with E-state index in [1.165, 1.54) is 10.5 Å². The summed E-state index contributed by atoms with van der Waals surface area (Å²) >= 11 is 0. The van der Waals surface area contributed by atoms with Gasteiger partial charge >= 0.3 is 0 Å². The molecule has 8 heteroatoms. The second-order valence-electron chi connectivity index (χ2n) is 4.07. The molecule has 0 unspecified atom stereocenters. The van der Waals surface area contributed by atoms with E-state index < -0.39 is 10.0 Å². The van der Waals surface area contributed by atoms with Crippen molar-refractivity contribution in [3.8, 4) is 0 Å². The highest BCUT2D eigenvalue weighted by atomic mass is 32.2. The van der Waals surface area contributed by atoms with Crippen LogP contribution in [0.25, 0.3) is 0 Å². The molecular formula is C11H22N4O3S. The van der Waals surface area contributed by atoms with Crippen LogP contribution in [0.1, 0.15) is 13.3 Å². The number of methoxy groups -OCH3 is 1. The zero-order valence-corrected chi connectivity index (χ0v) is 12.3. The van der Waals surface area contributed by atoms with Crippen LogP contribution in [-0.4, -0.2) is 55.9 Å². The molecule has 1 aromatic heterocycles. The summed E-state index contributed by atoms with van der Waals surface area (Å²) < 4.78 is 32.6. The molecule has 0 spiro atoms. The third kappa shape index (κ3) is 4.27. The summed E-state index contributed by atoms with van der Waals surface area (Å²) in [6, 6.07) is 0. The van der Waals surface area contributed by atoms with Crippen LogP contribution >= 0.6 is 0 Å². The van der Waals surface area contributed by atoms with Crippen molar-refractivity contribution < 1.29 is 13.2 Å². The van der Waals surface area contributed by atoms with Crippen LogP contribution in [-0.2, 0) is 21.3 Å². The molecule has 0 atom stereocenters. The monoisotopic (exact) mass is 290 g/mol. The van der Waals surface area contributed by atoms with Gasteiger partial charge in [-0.05, 0) is 13.0 Å². The summed E-state index contributed by atoms with van der Waals surface area (Å²) in [4.78, 5) is 0.211. The number of sulfonamides is 1. The molecule has 2 N–H and O–H groups in total. The lowest BCUT2D eigenvalue weighted by atomic mass is 10.4. The Hall–Kier alpha value is -0.960. The highest BCUT2D eigenvalue weighted by molar-refractivity contribution is 7.89. The van der Waals surface area contributed by atoms with Gasteiger partial charge in [0.1, 0.15) is 4.90 Å². The van der Waals surface area contributed by atoms with Gasteiger partial charge in [-0.2, -0.15) is 9.40 Å². The van der Waals surface area contributed by atoms with Gasteiger partial charge in [-0.3, -0.25) is 4.68 Å². The highest BCUT2D eigenvalue weighted by Gasteiger charge is 2.24. The molecule has 0 radical (unpaired) electrons. The second-order valence-corrected chi connectivity index (χ2v) is 6.01. The number of ether oxygens (including phenoxy) is 1. The molecule has 0 saturated carbocycles. The summed E-state index contributed by atoms with van der Waals surface area (Å²) in [5, 5.41) is 4.04. The van der Waals surface area contributed by atoms with Crippen LogP contribution in [0.3, 0.4) is 0 Å². The molecule has 0 aromatic carbocycles. The molecule has 0 saturated heterocycles. The fraction of sp³-hybridized carbons (Fsp3) is 0.727. The van der Waals surface area contributed by atoms with E-state index in [4.69, 9.17) is 10.5 Å². The van der Waals surface area contributed by atoms with Crippen molar-refractivity contribution in [1.82, 2.24) is 14.1 Å². The Morgan fingerprint density at radius 1 is 1.53 bits per heavy atom. The van der Waals surface area contributed by atoms with Crippen molar-refractivity contribution in [2.24, 2.45) is 5.73 Å². The lowest BCUT2D eigenvalue weighted by Crippen LogP contribution is -2.33. The molecular weight excluding hydrogens is 268 g/mol. The first-order valence-electron chi connectivity index (χ1n) is 6.27. The molecule has 0 aliphatic heterocycles. The number of hydrogen-bond acceptors (Lipinski definition) is 5. The van der Waals surface area contributed by atoms with Crippen LogP contribution in [0.15, 0.2) is 17.3 Å². The average molecular weight is 290 g/mol. The first kappa shape index (κ1) is 16.1. The lowest BCUT2D eigenvalue weighted by Gasteiger charge is -2.18. The van der Waals surface area contributed by atoms with E-state index in [2.05, 4.69) is 5.10 Å². The fourth-order valence-corrected chi connectivity index (χ4v) is 3.03. The molecule has 0 aliphatic rings. The van der Waals surface area contributed by atoms with E-state index in [-0.39, 0.29) is 4.90 Å². The molecule has 0 bridgehead atoms. The Balaban J connectivity index is 2.82.